The molecule has 158 valence electrons. The molecule has 0 radical (unpaired) electrons. The summed E-state index contributed by atoms with van der Waals surface area (Å²) in [6.07, 6.45) is 0.832. The summed E-state index contributed by atoms with van der Waals surface area (Å²) in [5, 5.41) is 3.38. The number of hydrogen-bond donors (Lipinski definition) is 1. The van der Waals surface area contributed by atoms with E-state index in [1.807, 2.05) is 18.2 Å². The van der Waals surface area contributed by atoms with Gasteiger partial charge < -0.3 is 0 Å². The summed E-state index contributed by atoms with van der Waals surface area (Å²) in [5.41, 5.74) is 3.89. The molecule has 4 rings (SSSR count). The summed E-state index contributed by atoms with van der Waals surface area (Å²) in [6, 6.07) is 31.2. The van der Waals surface area contributed by atoms with Gasteiger partial charge in [-0.1, -0.05) is 30.3 Å². The van der Waals surface area contributed by atoms with Gasteiger partial charge in [-0.15, -0.1) is 0 Å². The topological polar surface area (TPSA) is 36.9 Å². The Balaban J connectivity index is 0.000000216. The first-order valence-electron chi connectivity index (χ1n) is 9.42. The van der Waals surface area contributed by atoms with Gasteiger partial charge in [0.15, 0.2) is 0 Å². The van der Waals surface area contributed by atoms with Crippen LogP contribution in [-0.4, -0.2) is 16.1 Å². The van der Waals surface area contributed by atoms with Gasteiger partial charge in [0, 0.05) is 52.3 Å². The molecule has 1 aromatic heterocycles. The number of H-pyrrole nitrogens is 1. The molecule has 1 N–H and O–H groups in total. The molecular formula is C23H22I2N4Pt. The van der Waals surface area contributed by atoms with E-state index in [4.69, 9.17) is 0 Å². The van der Waals surface area contributed by atoms with Crippen LogP contribution in [-0.2, 0) is 38.9 Å². The Morgan fingerprint density at radius 3 is 1.80 bits per heavy atom. The molecule has 7 heteroatoms. The first-order chi connectivity index (χ1) is 14.6. The second-order valence-electron chi connectivity index (χ2n) is 6.59. The Hall–Kier alpha value is -1.09. The van der Waals surface area contributed by atoms with Gasteiger partial charge in [0.25, 0.3) is 0 Å². The average molecular weight is 803 g/mol. The second-order valence-corrected chi connectivity index (χ2v) is 11.8. The standard InChI is InChI=1S/C16H15N3.C7H7I2N.Pt/c1-3-7-14(8-4-1)11-16-17-13-19(18-16)12-15-9-5-2-6-10-15;8-10(9)6-7-4-2-1-3-5-7;/h1-10H,11-12H2,(H,17,18);1-5H,6H2;. The van der Waals surface area contributed by atoms with Crippen LogP contribution in [0.3, 0.4) is 0 Å². The van der Waals surface area contributed by atoms with Crippen molar-refractivity contribution in [3.63, 3.8) is 0 Å². The molecule has 0 aliphatic carbocycles. The van der Waals surface area contributed by atoms with Gasteiger partial charge in [0.1, 0.15) is 0 Å². The molecule has 0 saturated carbocycles. The fraction of sp³-hybridized carbons (Fsp3) is 0.130. The molecule has 0 atom stereocenters. The maximum atomic E-state index is 4.60. The number of aromatic nitrogens is 3. The van der Waals surface area contributed by atoms with Crippen LogP contribution in [0, 0.1) is 3.80 Å². The molecule has 0 aliphatic heterocycles. The van der Waals surface area contributed by atoms with Crippen LogP contribution in [0.4, 0.5) is 0 Å². The van der Waals surface area contributed by atoms with Crippen molar-refractivity contribution in [3.8, 4) is 0 Å². The zero-order valence-electron chi connectivity index (χ0n) is 16.2. The molecule has 0 fully saturated rings. The first-order valence-corrected chi connectivity index (χ1v) is 12.5. The van der Waals surface area contributed by atoms with Crippen LogP contribution in [0.15, 0.2) is 91.0 Å². The molecule has 0 bridgehead atoms. The zero-order valence-corrected chi connectivity index (χ0v) is 22.8. The van der Waals surface area contributed by atoms with E-state index in [9.17, 15) is 0 Å². The molecule has 1 heterocycles. The van der Waals surface area contributed by atoms with Gasteiger partial charge in [0.05, 0.1) is 0 Å². The van der Waals surface area contributed by atoms with Crippen molar-refractivity contribution < 1.29 is 19.4 Å². The van der Waals surface area contributed by atoms with E-state index in [-0.39, 0.29) is 0 Å². The van der Waals surface area contributed by atoms with Crippen molar-refractivity contribution in [2.45, 2.75) is 19.5 Å². The normalized spacial score (nSPS) is 10.6. The van der Waals surface area contributed by atoms with Crippen LogP contribution in [0.1, 0.15) is 22.5 Å². The molecule has 0 saturated heterocycles. The van der Waals surface area contributed by atoms with Crippen LogP contribution in [0.25, 0.3) is 0 Å². The monoisotopic (exact) mass is 803 g/mol. The molecule has 0 unspecified atom stereocenters. The predicted octanol–water partition coefficient (Wildman–Crippen LogP) is 6.12. The van der Waals surface area contributed by atoms with Crippen molar-refractivity contribution in [1.29, 1.82) is 0 Å². The van der Waals surface area contributed by atoms with Crippen LogP contribution < -0.4 is 0 Å². The Bertz CT molecular complexity index is 1060. The van der Waals surface area contributed by atoms with Crippen LogP contribution in [0.5, 0.6) is 0 Å². The number of nitrogens with one attached hydrogen (secondary N) is 1. The fourth-order valence-electron chi connectivity index (χ4n) is 2.84. The van der Waals surface area contributed by atoms with Gasteiger partial charge >= 0.3 is 129 Å². The van der Waals surface area contributed by atoms with Gasteiger partial charge in [0.2, 0.25) is 0 Å². The molecule has 0 spiro atoms. The Labute approximate surface area is 216 Å². The van der Waals surface area contributed by atoms with E-state index in [1.54, 1.807) is 0 Å². The van der Waals surface area contributed by atoms with Crippen molar-refractivity contribution in [2.75, 3.05) is 0 Å². The molecule has 4 aromatic rings. The summed E-state index contributed by atoms with van der Waals surface area (Å²) in [6.45, 7) is 1.82. The minimum absolute atomic E-state index is 0.821. The molecule has 0 amide bonds. The van der Waals surface area contributed by atoms with E-state index in [0.717, 1.165) is 29.1 Å². The summed E-state index contributed by atoms with van der Waals surface area (Å²) >= 11 is 6.79. The number of hydrogen-bond acceptors (Lipinski definition) is 2. The summed E-state index contributed by atoms with van der Waals surface area (Å²) in [4.78, 5) is 4.60. The Kier molecular flexibility index (Phi) is 9.97. The number of halogens is 2. The Morgan fingerprint density at radius 2 is 1.27 bits per heavy atom. The molecular weight excluding hydrogens is 781 g/mol. The van der Waals surface area contributed by atoms with E-state index < -0.39 is 0 Å². The van der Waals surface area contributed by atoms with Crippen molar-refractivity contribution >= 4 is 45.7 Å². The minimum atomic E-state index is 0.821. The molecule has 4 nitrogen and oxygen atoms in total. The van der Waals surface area contributed by atoms with E-state index in [0.29, 0.717) is 0 Å². The average Bonchev–Trinajstić information content (AvgIpc) is 3.09. The van der Waals surface area contributed by atoms with Gasteiger partial charge in [-0.25, -0.2) is 0 Å². The van der Waals surface area contributed by atoms with Gasteiger partial charge in [-0.05, 0) is 5.56 Å². The molecule has 0 aliphatic rings. The SMILES string of the molecule is IN(I)Cc1ccccc1.[Pt]=[c]1nc(Cc2ccccc2)[nH]n1Cc1ccccc1. The number of nitrogens with zero attached hydrogens (tertiary/aromatic N) is 3. The van der Waals surface area contributed by atoms with E-state index in [1.165, 1.54) is 16.7 Å². The van der Waals surface area contributed by atoms with E-state index >= 15 is 0 Å². The van der Waals surface area contributed by atoms with Crippen LogP contribution >= 0.6 is 45.7 Å². The van der Waals surface area contributed by atoms with Crippen molar-refractivity contribution in [3.05, 3.63) is 117 Å². The summed E-state index contributed by atoms with van der Waals surface area (Å²) < 4.78 is 5.17. The maximum absolute atomic E-state index is 4.60. The molecule has 30 heavy (non-hydrogen) atoms. The zero-order chi connectivity index (χ0) is 21.2. The molecule has 3 aromatic carbocycles. The third-order valence-electron chi connectivity index (χ3n) is 4.23. The van der Waals surface area contributed by atoms with Crippen LogP contribution in [0.2, 0.25) is 0 Å². The third kappa shape index (κ3) is 8.21. The first kappa shape index (κ1) is 23.6. The van der Waals surface area contributed by atoms with Gasteiger partial charge in [-0.3, -0.25) is 0 Å². The number of aromatic amines is 1. The Morgan fingerprint density at radius 1 is 0.767 bits per heavy atom. The van der Waals surface area contributed by atoms with E-state index in [2.05, 4.69) is 154 Å². The quantitative estimate of drug-likeness (QED) is 0.189. The third-order valence-corrected chi connectivity index (χ3v) is 5.78. The number of benzene rings is 3. The second kappa shape index (κ2) is 12.7. The number of rotatable bonds is 6. The summed E-state index contributed by atoms with van der Waals surface area (Å²) in [7, 11) is 0. The predicted molar refractivity (Wildman–Crippen MR) is 135 cm³/mol. The van der Waals surface area contributed by atoms with Crippen molar-refractivity contribution in [2.24, 2.45) is 0 Å². The summed E-state index contributed by atoms with van der Waals surface area (Å²) in [5.74, 6) is 0.997. The fourth-order valence-corrected chi connectivity index (χ4v) is 4.24. The van der Waals surface area contributed by atoms with Crippen molar-refractivity contribution in [1.82, 2.24) is 16.1 Å². The van der Waals surface area contributed by atoms with Gasteiger partial charge in [-0.2, -0.15) is 1.33 Å².